The molecule has 1 heterocycles. The molecule has 1 aromatic rings. The number of aromatic nitrogens is 3. The molecule has 0 saturated heterocycles. The molecule has 0 atom stereocenters. The van der Waals surface area contributed by atoms with Crippen molar-refractivity contribution in [2.24, 2.45) is 7.05 Å². The van der Waals surface area contributed by atoms with E-state index in [1.54, 1.807) is 11.8 Å². The second kappa shape index (κ2) is 7.36. The minimum atomic E-state index is 0.804. The van der Waals surface area contributed by atoms with Gasteiger partial charge in [-0.25, -0.2) is 0 Å². The third kappa shape index (κ3) is 5.49. The van der Waals surface area contributed by atoms with Gasteiger partial charge in [0.25, 0.3) is 0 Å². The number of methoxy groups -OCH3 is 1. The summed E-state index contributed by atoms with van der Waals surface area (Å²) in [7, 11) is 3.62. The average molecular weight is 212 g/mol. The first kappa shape index (κ1) is 12.1. The minimum Gasteiger partial charge on any atom is -0.385 e. The van der Waals surface area contributed by atoms with E-state index in [1.165, 1.54) is 12.8 Å². The maximum atomic E-state index is 4.98. The van der Waals surface area contributed by atoms with Gasteiger partial charge < -0.3 is 10.1 Å². The Kier molecular flexibility index (Phi) is 5.96. The molecule has 5 nitrogen and oxygen atoms in total. The van der Waals surface area contributed by atoms with E-state index in [0.717, 1.165) is 31.8 Å². The summed E-state index contributed by atoms with van der Waals surface area (Å²) in [6.07, 6.45) is 5.46. The van der Waals surface area contributed by atoms with Crippen molar-refractivity contribution in [1.82, 2.24) is 20.3 Å². The number of aryl methyl sites for hydroxylation is 1. The van der Waals surface area contributed by atoms with Crippen molar-refractivity contribution >= 4 is 0 Å². The van der Waals surface area contributed by atoms with Crippen molar-refractivity contribution in [3.8, 4) is 0 Å². The fourth-order valence-corrected chi connectivity index (χ4v) is 1.37. The summed E-state index contributed by atoms with van der Waals surface area (Å²) >= 11 is 0. The van der Waals surface area contributed by atoms with Gasteiger partial charge in [0.1, 0.15) is 0 Å². The molecular formula is C10H20N4O. The molecule has 1 rings (SSSR count). The van der Waals surface area contributed by atoms with Crippen LogP contribution in [0.25, 0.3) is 0 Å². The largest absolute Gasteiger partial charge is 0.385 e. The second-order valence-corrected chi connectivity index (χ2v) is 3.61. The van der Waals surface area contributed by atoms with Crippen molar-refractivity contribution in [1.29, 1.82) is 0 Å². The average Bonchev–Trinajstić information content (AvgIpc) is 2.63. The van der Waals surface area contributed by atoms with E-state index in [0.29, 0.717) is 0 Å². The van der Waals surface area contributed by atoms with Gasteiger partial charge in [-0.3, -0.25) is 4.68 Å². The minimum absolute atomic E-state index is 0.804. The molecular weight excluding hydrogens is 192 g/mol. The number of nitrogens with zero attached hydrogens (tertiary/aromatic N) is 3. The summed E-state index contributed by atoms with van der Waals surface area (Å²) in [4.78, 5) is 0. The van der Waals surface area contributed by atoms with Crippen LogP contribution >= 0.6 is 0 Å². The Morgan fingerprint density at radius 2 is 2.27 bits per heavy atom. The van der Waals surface area contributed by atoms with Gasteiger partial charge in [-0.05, 0) is 25.8 Å². The first-order valence-electron chi connectivity index (χ1n) is 5.38. The van der Waals surface area contributed by atoms with Crippen molar-refractivity contribution in [3.05, 3.63) is 11.9 Å². The molecule has 0 radical (unpaired) electrons. The van der Waals surface area contributed by atoms with Crippen molar-refractivity contribution in [2.75, 3.05) is 20.3 Å². The Morgan fingerprint density at radius 3 is 2.93 bits per heavy atom. The predicted octanol–water partition coefficient (Wildman–Crippen LogP) is 0.721. The summed E-state index contributed by atoms with van der Waals surface area (Å²) < 4.78 is 6.70. The summed E-state index contributed by atoms with van der Waals surface area (Å²) in [6, 6.07) is 0. The molecule has 0 amide bonds. The predicted molar refractivity (Wildman–Crippen MR) is 58.4 cm³/mol. The Bertz CT molecular complexity index is 262. The zero-order valence-electron chi connectivity index (χ0n) is 9.57. The van der Waals surface area contributed by atoms with E-state index in [-0.39, 0.29) is 0 Å². The molecule has 86 valence electrons. The van der Waals surface area contributed by atoms with Gasteiger partial charge in [0.2, 0.25) is 0 Å². The van der Waals surface area contributed by atoms with Crippen molar-refractivity contribution < 1.29 is 4.74 Å². The van der Waals surface area contributed by atoms with Crippen molar-refractivity contribution in [2.45, 2.75) is 25.8 Å². The molecule has 0 unspecified atom stereocenters. The molecule has 1 aromatic heterocycles. The SMILES string of the molecule is COCCCCCNCc1cn(C)nn1. The summed E-state index contributed by atoms with van der Waals surface area (Å²) in [5.41, 5.74) is 0.995. The lowest BCUT2D eigenvalue weighted by Gasteiger charge is -2.02. The highest BCUT2D eigenvalue weighted by atomic mass is 16.5. The molecule has 0 fully saturated rings. The van der Waals surface area contributed by atoms with E-state index >= 15 is 0 Å². The van der Waals surface area contributed by atoms with Crippen LogP contribution < -0.4 is 5.32 Å². The molecule has 0 bridgehead atoms. The topological polar surface area (TPSA) is 52.0 Å². The van der Waals surface area contributed by atoms with Crippen LogP contribution in [0.3, 0.4) is 0 Å². The maximum Gasteiger partial charge on any atom is 0.0964 e. The molecule has 0 spiro atoms. The number of rotatable bonds is 8. The van der Waals surface area contributed by atoms with Crippen LogP contribution in [0.1, 0.15) is 25.0 Å². The normalized spacial score (nSPS) is 10.8. The van der Waals surface area contributed by atoms with Crippen LogP contribution in [-0.4, -0.2) is 35.3 Å². The maximum absolute atomic E-state index is 4.98. The molecule has 0 aliphatic carbocycles. The van der Waals surface area contributed by atoms with Gasteiger partial charge in [0, 0.05) is 33.5 Å². The van der Waals surface area contributed by atoms with Crippen LogP contribution in [0.2, 0.25) is 0 Å². The first-order valence-corrected chi connectivity index (χ1v) is 5.38. The van der Waals surface area contributed by atoms with E-state index in [9.17, 15) is 0 Å². The standard InChI is InChI=1S/C10H20N4O/c1-14-9-10(12-13-14)8-11-6-4-3-5-7-15-2/h9,11H,3-8H2,1-2H3. The lowest BCUT2D eigenvalue weighted by Crippen LogP contribution is -2.15. The van der Waals surface area contributed by atoms with E-state index in [1.807, 2.05) is 13.2 Å². The van der Waals surface area contributed by atoms with Gasteiger partial charge in [-0.15, -0.1) is 5.10 Å². The Balaban J connectivity index is 1.93. The fourth-order valence-electron chi connectivity index (χ4n) is 1.37. The van der Waals surface area contributed by atoms with Crippen molar-refractivity contribution in [3.63, 3.8) is 0 Å². The summed E-state index contributed by atoms with van der Waals surface area (Å²) in [5, 5.41) is 11.2. The smallest absolute Gasteiger partial charge is 0.0964 e. The van der Waals surface area contributed by atoms with Gasteiger partial charge >= 0.3 is 0 Å². The number of ether oxygens (including phenoxy) is 1. The summed E-state index contributed by atoms with van der Waals surface area (Å²) in [6.45, 7) is 2.70. The third-order valence-corrected chi connectivity index (χ3v) is 2.16. The van der Waals surface area contributed by atoms with Crippen LogP contribution in [0, 0.1) is 0 Å². The van der Waals surface area contributed by atoms with Crippen LogP contribution in [0.5, 0.6) is 0 Å². The zero-order chi connectivity index (χ0) is 10.9. The highest BCUT2D eigenvalue weighted by Crippen LogP contribution is 1.95. The summed E-state index contributed by atoms with van der Waals surface area (Å²) in [5.74, 6) is 0. The first-order chi connectivity index (χ1) is 7.33. The lowest BCUT2D eigenvalue weighted by molar-refractivity contribution is 0.192. The monoisotopic (exact) mass is 212 g/mol. The lowest BCUT2D eigenvalue weighted by atomic mass is 10.2. The Labute approximate surface area is 90.8 Å². The molecule has 0 aliphatic rings. The number of unbranched alkanes of at least 4 members (excludes halogenated alkanes) is 2. The van der Waals surface area contributed by atoms with Gasteiger partial charge in [0.15, 0.2) is 0 Å². The fraction of sp³-hybridized carbons (Fsp3) is 0.800. The Hall–Kier alpha value is -0.940. The number of hydrogen-bond donors (Lipinski definition) is 1. The van der Waals surface area contributed by atoms with Gasteiger partial charge in [-0.1, -0.05) is 5.21 Å². The molecule has 15 heavy (non-hydrogen) atoms. The third-order valence-electron chi connectivity index (χ3n) is 2.16. The molecule has 0 saturated carbocycles. The van der Waals surface area contributed by atoms with E-state index in [2.05, 4.69) is 15.6 Å². The highest BCUT2D eigenvalue weighted by molar-refractivity contribution is 4.90. The second-order valence-electron chi connectivity index (χ2n) is 3.61. The van der Waals surface area contributed by atoms with Gasteiger partial charge in [-0.2, -0.15) is 0 Å². The molecule has 0 aromatic carbocycles. The van der Waals surface area contributed by atoms with E-state index < -0.39 is 0 Å². The van der Waals surface area contributed by atoms with Gasteiger partial charge in [0.05, 0.1) is 5.69 Å². The zero-order valence-corrected chi connectivity index (χ0v) is 9.57. The van der Waals surface area contributed by atoms with Crippen LogP contribution in [0.4, 0.5) is 0 Å². The molecule has 5 heteroatoms. The Morgan fingerprint density at radius 1 is 1.40 bits per heavy atom. The quantitative estimate of drug-likeness (QED) is 0.645. The number of nitrogens with one attached hydrogen (secondary N) is 1. The molecule has 1 N–H and O–H groups in total. The number of hydrogen-bond acceptors (Lipinski definition) is 4. The van der Waals surface area contributed by atoms with Crippen LogP contribution in [-0.2, 0) is 18.3 Å². The van der Waals surface area contributed by atoms with E-state index in [4.69, 9.17) is 4.74 Å². The van der Waals surface area contributed by atoms with Crippen LogP contribution in [0.15, 0.2) is 6.20 Å². The molecule has 0 aliphatic heterocycles. The highest BCUT2D eigenvalue weighted by Gasteiger charge is 1.96.